The van der Waals surface area contributed by atoms with Crippen molar-refractivity contribution < 1.29 is 22.7 Å². The molecular formula is C25H26F3N5O2. The van der Waals surface area contributed by atoms with Crippen LogP contribution in [0.3, 0.4) is 0 Å². The normalized spacial score (nSPS) is 16.9. The molecule has 2 aliphatic rings. The SMILES string of the molecule is Cc1cc(CNCC(F)(F)F)cc(N2Cc3ccc(C4(Cc5nncn5C)COC4)cc3C2=O)c1. The smallest absolute Gasteiger partial charge is 0.379 e. The Morgan fingerprint density at radius 2 is 1.97 bits per heavy atom. The van der Waals surface area contributed by atoms with E-state index < -0.39 is 12.7 Å². The molecule has 0 saturated carbocycles. The number of carbonyl (C=O) groups excluding carboxylic acids is 1. The number of amides is 1. The molecular weight excluding hydrogens is 459 g/mol. The number of hydrogen-bond acceptors (Lipinski definition) is 5. The van der Waals surface area contributed by atoms with Gasteiger partial charge in [0.15, 0.2) is 0 Å². The second kappa shape index (κ2) is 8.76. The predicted molar refractivity (Wildman–Crippen MR) is 123 cm³/mol. The number of alkyl halides is 3. The van der Waals surface area contributed by atoms with Gasteiger partial charge in [0.2, 0.25) is 0 Å². The highest BCUT2D eigenvalue weighted by Gasteiger charge is 2.43. The van der Waals surface area contributed by atoms with E-state index in [4.69, 9.17) is 4.74 Å². The molecule has 3 heterocycles. The lowest BCUT2D eigenvalue weighted by atomic mass is 9.75. The van der Waals surface area contributed by atoms with Gasteiger partial charge in [0.1, 0.15) is 12.2 Å². The molecule has 0 unspecified atom stereocenters. The summed E-state index contributed by atoms with van der Waals surface area (Å²) in [5, 5.41) is 10.6. The van der Waals surface area contributed by atoms with Crippen molar-refractivity contribution in [1.82, 2.24) is 20.1 Å². The minimum atomic E-state index is -4.27. The minimum Gasteiger partial charge on any atom is -0.379 e. The molecule has 1 saturated heterocycles. The number of carbonyl (C=O) groups is 1. The Morgan fingerprint density at radius 1 is 1.17 bits per heavy atom. The van der Waals surface area contributed by atoms with Gasteiger partial charge in [-0.2, -0.15) is 13.2 Å². The van der Waals surface area contributed by atoms with Gasteiger partial charge >= 0.3 is 6.18 Å². The summed E-state index contributed by atoms with van der Waals surface area (Å²) < 4.78 is 45.0. The van der Waals surface area contributed by atoms with Gasteiger partial charge in [-0.1, -0.05) is 18.2 Å². The van der Waals surface area contributed by atoms with Crippen LogP contribution >= 0.6 is 0 Å². The molecule has 1 amide bonds. The molecule has 2 aromatic carbocycles. The van der Waals surface area contributed by atoms with Gasteiger partial charge in [0, 0.05) is 36.7 Å². The fraction of sp³-hybridized carbons (Fsp3) is 0.400. The van der Waals surface area contributed by atoms with E-state index in [9.17, 15) is 18.0 Å². The quantitative estimate of drug-likeness (QED) is 0.555. The Hall–Kier alpha value is -3.24. The number of anilines is 1. The van der Waals surface area contributed by atoms with Crippen LogP contribution in [0, 0.1) is 6.92 Å². The van der Waals surface area contributed by atoms with Gasteiger partial charge in [-0.05, 0) is 47.4 Å². The molecule has 10 heteroatoms. The Balaban J connectivity index is 1.37. The molecule has 1 aromatic heterocycles. The van der Waals surface area contributed by atoms with E-state index in [0.29, 0.717) is 43.0 Å². The van der Waals surface area contributed by atoms with Crippen molar-refractivity contribution in [3.8, 4) is 0 Å². The molecule has 35 heavy (non-hydrogen) atoms. The van der Waals surface area contributed by atoms with Gasteiger partial charge in [-0.25, -0.2) is 0 Å². The zero-order chi connectivity index (χ0) is 24.8. The molecule has 0 bridgehead atoms. The minimum absolute atomic E-state index is 0.0673. The molecule has 1 fully saturated rings. The standard InChI is InChI=1S/C25H26F3N5O2/c1-16-5-17(10-29-12-25(26,27)28)7-20(6-16)33-11-18-3-4-19(8-21(18)23(33)34)24(13-35-14-24)9-22-31-30-15-32(22)2/h3-8,15,29H,9-14H2,1-2H3. The van der Waals surface area contributed by atoms with Crippen LogP contribution < -0.4 is 10.2 Å². The average molecular weight is 486 g/mol. The third kappa shape index (κ3) is 4.68. The van der Waals surface area contributed by atoms with Gasteiger partial charge in [-0.15, -0.1) is 10.2 Å². The Bertz CT molecular complexity index is 1270. The topological polar surface area (TPSA) is 72.3 Å². The number of halogens is 3. The second-order valence-corrected chi connectivity index (χ2v) is 9.47. The number of ether oxygens (including phenoxy) is 1. The molecule has 5 rings (SSSR count). The maximum Gasteiger partial charge on any atom is 0.401 e. The van der Waals surface area contributed by atoms with Crippen molar-refractivity contribution in [2.75, 3.05) is 24.7 Å². The number of rotatable bonds is 7. The fourth-order valence-corrected chi connectivity index (χ4v) is 4.78. The lowest BCUT2D eigenvalue weighted by Gasteiger charge is -2.41. The van der Waals surface area contributed by atoms with E-state index in [1.165, 1.54) is 0 Å². The van der Waals surface area contributed by atoms with Crippen molar-refractivity contribution in [3.63, 3.8) is 0 Å². The zero-order valence-corrected chi connectivity index (χ0v) is 19.5. The van der Waals surface area contributed by atoms with Crippen LogP contribution in [0.5, 0.6) is 0 Å². The first kappa shape index (κ1) is 23.5. The van der Waals surface area contributed by atoms with E-state index in [2.05, 4.69) is 21.6 Å². The lowest BCUT2D eigenvalue weighted by molar-refractivity contribution is -0.125. The Kier molecular flexibility index (Phi) is 5.88. The maximum absolute atomic E-state index is 13.4. The first-order valence-electron chi connectivity index (χ1n) is 11.4. The van der Waals surface area contributed by atoms with Crippen molar-refractivity contribution in [2.24, 2.45) is 7.05 Å². The number of fused-ring (bicyclic) bond motifs is 1. The van der Waals surface area contributed by atoms with E-state index in [1.54, 1.807) is 17.3 Å². The summed E-state index contributed by atoms with van der Waals surface area (Å²) in [5.74, 6) is 0.740. The molecule has 0 aliphatic carbocycles. The van der Waals surface area contributed by atoms with E-state index in [1.807, 2.05) is 42.8 Å². The van der Waals surface area contributed by atoms with Gasteiger partial charge in [0.05, 0.1) is 26.3 Å². The van der Waals surface area contributed by atoms with Crippen molar-refractivity contribution in [3.05, 3.63) is 76.4 Å². The lowest BCUT2D eigenvalue weighted by Crippen LogP contribution is -2.49. The van der Waals surface area contributed by atoms with Gasteiger partial charge in [-0.3, -0.25) is 4.79 Å². The monoisotopic (exact) mass is 485 g/mol. The first-order valence-corrected chi connectivity index (χ1v) is 11.4. The average Bonchev–Trinajstić information content (AvgIpc) is 3.32. The summed E-state index contributed by atoms with van der Waals surface area (Å²) >= 11 is 0. The van der Waals surface area contributed by atoms with Crippen molar-refractivity contribution in [1.29, 1.82) is 0 Å². The first-order chi connectivity index (χ1) is 16.6. The molecule has 0 radical (unpaired) electrons. The highest BCUT2D eigenvalue weighted by molar-refractivity contribution is 6.10. The molecule has 184 valence electrons. The number of aryl methyl sites for hydroxylation is 2. The van der Waals surface area contributed by atoms with Crippen molar-refractivity contribution >= 4 is 11.6 Å². The number of benzene rings is 2. The number of nitrogens with zero attached hydrogens (tertiary/aromatic N) is 4. The second-order valence-electron chi connectivity index (χ2n) is 9.47. The largest absolute Gasteiger partial charge is 0.401 e. The molecule has 0 spiro atoms. The summed E-state index contributed by atoms with van der Waals surface area (Å²) in [7, 11) is 1.90. The summed E-state index contributed by atoms with van der Waals surface area (Å²) in [6, 6.07) is 11.5. The van der Waals surface area contributed by atoms with Crippen LogP contribution in [0.15, 0.2) is 42.7 Å². The van der Waals surface area contributed by atoms with Crippen LogP contribution in [-0.4, -0.2) is 46.6 Å². The van der Waals surface area contributed by atoms with Crippen LogP contribution in [-0.2, 0) is 36.7 Å². The highest BCUT2D eigenvalue weighted by Crippen LogP contribution is 2.38. The van der Waals surface area contributed by atoms with Crippen molar-refractivity contribution in [2.45, 2.75) is 38.0 Å². The van der Waals surface area contributed by atoms with Crippen LogP contribution in [0.4, 0.5) is 18.9 Å². The van der Waals surface area contributed by atoms with Gasteiger partial charge < -0.3 is 19.5 Å². The number of nitrogens with one attached hydrogen (secondary N) is 1. The van der Waals surface area contributed by atoms with Gasteiger partial charge in [0.25, 0.3) is 5.91 Å². The molecule has 3 aromatic rings. The summed E-state index contributed by atoms with van der Waals surface area (Å²) in [6.45, 7) is 2.38. The zero-order valence-electron chi connectivity index (χ0n) is 19.5. The fourth-order valence-electron chi connectivity index (χ4n) is 4.78. The highest BCUT2D eigenvalue weighted by atomic mass is 19.4. The van der Waals surface area contributed by atoms with E-state index in [0.717, 1.165) is 22.5 Å². The number of hydrogen-bond donors (Lipinski definition) is 1. The summed E-state index contributed by atoms with van der Waals surface area (Å²) in [6.07, 6.45) is -1.94. The van der Waals surface area contributed by atoms with E-state index in [-0.39, 0.29) is 17.9 Å². The molecule has 0 atom stereocenters. The Morgan fingerprint density at radius 3 is 2.63 bits per heavy atom. The predicted octanol–water partition coefficient (Wildman–Crippen LogP) is 3.45. The summed E-state index contributed by atoms with van der Waals surface area (Å²) in [4.78, 5) is 15.1. The molecule has 1 N–H and O–H groups in total. The molecule has 7 nitrogen and oxygen atoms in total. The number of aromatic nitrogens is 3. The maximum atomic E-state index is 13.4. The molecule has 2 aliphatic heterocycles. The van der Waals surface area contributed by atoms with Crippen LogP contribution in [0.1, 0.15) is 38.4 Å². The van der Waals surface area contributed by atoms with Crippen LogP contribution in [0.25, 0.3) is 0 Å². The third-order valence-electron chi connectivity index (χ3n) is 6.67. The third-order valence-corrected chi connectivity index (χ3v) is 6.67. The van der Waals surface area contributed by atoms with Crippen LogP contribution in [0.2, 0.25) is 0 Å². The van der Waals surface area contributed by atoms with E-state index >= 15 is 0 Å². The Labute approximate surface area is 200 Å². The summed E-state index contributed by atoms with van der Waals surface area (Å²) in [5.41, 5.74) is 4.59.